The summed E-state index contributed by atoms with van der Waals surface area (Å²) in [5.41, 5.74) is 4.18. The van der Waals surface area contributed by atoms with E-state index in [-0.39, 0.29) is 0 Å². The SMILES string of the molecule is O=S(O)C1=C2N=C3CCNCC3=C2CC=C1. The van der Waals surface area contributed by atoms with E-state index in [1.807, 2.05) is 6.08 Å². The molecule has 0 spiro atoms. The maximum absolute atomic E-state index is 11.2. The highest BCUT2D eigenvalue weighted by molar-refractivity contribution is 7.83. The molecule has 2 aliphatic heterocycles. The van der Waals surface area contributed by atoms with Crippen molar-refractivity contribution in [2.24, 2.45) is 4.99 Å². The third-order valence-electron chi connectivity index (χ3n) is 3.10. The van der Waals surface area contributed by atoms with Gasteiger partial charge < -0.3 is 9.87 Å². The number of hydrogen-bond donors (Lipinski definition) is 2. The van der Waals surface area contributed by atoms with Crippen molar-refractivity contribution in [1.82, 2.24) is 5.32 Å². The molecule has 0 aromatic carbocycles. The van der Waals surface area contributed by atoms with Crippen LogP contribution in [0.1, 0.15) is 12.8 Å². The van der Waals surface area contributed by atoms with Crippen molar-refractivity contribution in [3.05, 3.63) is 33.9 Å². The summed E-state index contributed by atoms with van der Waals surface area (Å²) >= 11 is -1.94. The van der Waals surface area contributed by atoms with Gasteiger partial charge in [-0.05, 0) is 23.6 Å². The van der Waals surface area contributed by atoms with E-state index in [0.717, 1.165) is 42.9 Å². The summed E-state index contributed by atoms with van der Waals surface area (Å²) in [4.78, 5) is 4.95. The topological polar surface area (TPSA) is 61.7 Å². The zero-order valence-electron chi connectivity index (χ0n) is 8.69. The smallest absolute Gasteiger partial charge is 0.188 e. The van der Waals surface area contributed by atoms with E-state index >= 15 is 0 Å². The highest BCUT2D eigenvalue weighted by Gasteiger charge is 2.29. The normalized spacial score (nSPS) is 25.4. The van der Waals surface area contributed by atoms with Crippen molar-refractivity contribution < 1.29 is 8.76 Å². The van der Waals surface area contributed by atoms with Crippen LogP contribution in [-0.2, 0) is 11.1 Å². The predicted octanol–water partition coefficient (Wildman–Crippen LogP) is 1.12. The zero-order valence-corrected chi connectivity index (χ0v) is 9.51. The van der Waals surface area contributed by atoms with Crippen LogP contribution in [0.3, 0.4) is 0 Å². The molecule has 84 valence electrons. The van der Waals surface area contributed by atoms with Gasteiger partial charge in [0.2, 0.25) is 0 Å². The lowest BCUT2D eigenvalue weighted by molar-refractivity contribution is 0.571. The van der Waals surface area contributed by atoms with Crippen LogP contribution in [0, 0.1) is 0 Å². The van der Waals surface area contributed by atoms with Crippen molar-refractivity contribution in [3.8, 4) is 0 Å². The largest absolute Gasteiger partial charge is 0.312 e. The number of aliphatic imine (C=N–C) groups is 1. The summed E-state index contributed by atoms with van der Waals surface area (Å²) in [6.07, 6.45) is 5.38. The second kappa shape index (κ2) is 3.76. The van der Waals surface area contributed by atoms with Crippen molar-refractivity contribution in [1.29, 1.82) is 0 Å². The van der Waals surface area contributed by atoms with E-state index in [4.69, 9.17) is 0 Å². The van der Waals surface area contributed by atoms with Gasteiger partial charge in [0.25, 0.3) is 0 Å². The van der Waals surface area contributed by atoms with Gasteiger partial charge in [-0.1, -0.05) is 6.08 Å². The van der Waals surface area contributed by atoms with Crippen molar-refractivity contribution >= 4 is 16.8 Å². The summed E-state index contributed by atoms with van der Waals surface area (Å²) in [6, 6.07) is 0. The lowest BCUT2D eigenvalue weighted by Gasteiger charge is -2.16. The minimum Gasteiger partial charge on any atom is -0.312 e. The summed E-state index contributed by atoms with van der Waals surface area (Å²) in [5, 5.41) is 3.31. The Balaban J connectivity index is 2.16. The molecule has 0 aromatic heterocycles. The summed E-state index contributed by atoms with van der Waals surface area (Å²) in [5.74, 6) is 0. The number of rotatable bonds is 1. The monoisotopic (exact) mass is 236 g/mol. The Labute approximate surface area is 96.1 Å². The Morgan fingerprint density at radius 3 is 3.12 bits per heavy atom. The minimum atomic E-state index is -1.94. The molecule has 0 radical (unpaired) electrons. The van der Waals surface area contributed by atoms with Crippen molar-refractivity contribution in [2.45, 2.75) is 12.8 Å². The average molecular weight is 236 g/mol. The summed E-state index contributed by atoms with van der Waals surface area (Å²) in [7, 11) is 0. The number of piperidine rings is 1. The second-order valence-corrected chi connectivity index (χ2v) is 4.95. The van der Waals surface area contributed by atoms with Crippen LogP contribution in [0.2, 0.25) is 0 Å². The molecule has 0 aromatic rings. The van der Waals surface area contributed by atoms with Gasteiger partial charge in [-0.2, -0.15) is 0 Å². The maximum Gasteiger partial charge on any atom is 0.188 e. The van der Waals surface area contributed by atoms with Gasteiger partial charge in [-0.3, -0.25) is 4.99 Å². The van der Waals surface area contributed by atoms with Gasteiger partial charge in [-0.25, -0.2) is 4.21 Å². The molecule has 0 saturated carbocycles. The molecule has 2 heterocycles. The van der Waals surface area contributed by atoms with Crippen molar-refractivity contribution in [3.63, 3.8) is 0 Å². The molecule has 2 N–H and O–H groups in total. The third kappa shape index (κ3) is 1.43. The molecule has 0 amide bonds. The van der Waals surface area contributed by atoms with Crippen LogP contribution in [-0.4, -0.2) is 27.6 Å². The molecule has 16 heavy (non-hydrogen) atoms. The van der Waals surface area contributed by atoms with Gasteiger partial charge >= 0.3 is 0 Å². The Morgan fingerprint density at radius 2 is 2.31 bits per heavy atom. The second-order valence-electron chi connectivity index (χ2n) is 4.01. The van der Waals surface area contributed by atoms with E-state index in [9.17, 15) is 8.76 Å². The molecule has 1 unspecified atom stereocenters. The fourth-order valence-electron chi connectivity index (χ4n) is 2.35. The number of fused-ring (bicyclic) bond motifs is 2. The zero-order chi connectivity index (χ0) is 11.1. The fraction of sp³-hybridized carbons (Fsp3) is 0.364. The van der Waals surface area contributed by atoms with Crippen molar-refractivity contribution in [2.75, 3.05) is 13.1 Å². The van der Waals surface area contributed by atoms with E-state index in [0.29, 0.717) is 4.91 Å². The molecule has 1 saturated heterocycles. The molecule has 1 atom stereocenters. The van der Waals surface area contributed by atoms with Crippen LogP contribution in [0.25, 0.3) is 0 Å². The molecule has 3 rings (SSSR count). The molecular formula is C11H12N2O2S. The van der Waals surface area contributed by atoms with Gasteiger partial charge in [0.05, 0.1) is 10.6 Å². The highest BCUT2D eigenvalue weighted by atomic mass is 32.2. The van der Waals surface area contributed by atoms with Crippen LogP contribution in [0.15, 0.2) is 38.9 Å². The number of hydrogen-bond acceptors (Lipinski definition) is 3. The van der Waals surface area contributed by atoms with Crippen LogP contribution in [0.5, 0.6) is 0 Å². The molecule has 5 heteroatoms. The van der Waals surface area contributed by atoms with Gasteiger partial charge in [-0.15, -0.1) is 0 Å². The maximum atomic E-state index is 11.2. The Bertz CT molecular complexity index is 500. The molecule has 1 fully saturated rings. The molecule has 1 aliphatic carbocycles. The first-order chi connectivity index (χ1) is 7.77. The van der Waals surface area contributed by atoms with E-state index in [2.05, 4.69) is 10.3 Å². The van der Waals surface area contributed by atoms with Crippen LogP contribution >= 0.6 is 0 Å². The lowest BCUT2D eigenvalue weighted by Crippen LogP contribution is -2.29. The quantitative estimate of drug-likeness (QED) is 0.671. The fourth-order valence-corrected chi connectivity index (χ4v) is 2.90. The van der Waals surface area contributed by atoms with E-state index in [1.165, 1.54) is 5.57 Å². The first kappa shape index (κ1) is 10.1. The summed E-state index contributed by atoms with van der Waals surface area (Å²) in [6.45, 7) is 1.77. The average Bonchev–Trinajstić information content (AvgIpc) is 2.67. The van der Waals surface area contributed by atoms with Gasteiger partial charge in [0, 0.05) is 25.2 Å². The minimum absolute atomic E-state index is 0.440. The standard InChI is InChI=1S/C11H12N2O2S/c14-16(15)10-3-1-2-7-8-6-12-5-4-9(8)13-11(7)10/h1,3,12H,2,4-6H2,(H,14,15). The first-order valence-electron chi connectivity index (χ1n) is 5.30. The molecule has 0 bridgehead atoms. The lowest BCUT2D eigenvalue weighted by atomic mass is 9.96. The van der Waals surface area contributed by atoms with E-state index in [1.54, 1.807) is 6.08 Å². The number of nitrogens with one attached hydrogen (secondary N) is 1. The Kier molecular flexibility index (Phi) is 2.38. The number of nitrogens with zero attached hydrogens (tertiary/aromatic N) is 1. The van der Waals surface area contributed by atoms with Gasteiger partial charge in [0.15, 0.2) is 11.1 Å². The molecular weight excluding hydrogens is 224 g/mol. The highest BCUT2D eigenvalue weighted by Crippen LogP contribution is 2.36. The van der Waals surface area contributed by atoms with Crippen LogP contribution in [0.4, 0.5) is 0 Å². The van der Waals surface area contributed by atoms with Crippen LogP contribution < -0.4 is 5.32 Å². The summed E-state index contributed by atoms with van der Waals surface area (Å²) < 4.78 is 20.4. The Hall–Kier alpha value is -1.04. The van der Waals surface area contributed by atoms with Gasteiger partial charge in [0.1, 0.15) is 0 Å². The van der Waals surface area contributed by atoms with E-state index < -0.39 is 11.1 Å². The Morgan fingerprint density at radius 1 is 1.44 bits per heavy atom. The predicted molar refractivity (Wildman–Crippen MR) is 63.5 cm³/mol. The first-order valence-corrected chi connectivity index (χ1v) is 6.41. The molecule has 3 aliphatic rings. The number of allylic oxidation sites excluding steroid dienone is 3. The third-order valence-corrected chi connectivity index (χ3v) is 3.80. The molecule has 4 nitrogen and oxygen atoms in total.